The summed E-state index contributed by atoms with van der Waals surface area (Å²) in [5, 5.41) is 3.29. The Balaban J connectivity index is 2.57. The summed E-state index contributed by atoms with van der Waals surface area (Å²) in [5.41, 5.74) is 0.680. The normalized spacial score (nSPS) is 12.2. The Morgan fingerprint density at radius 1 is 1.25 bits per heavy atom. The lowest BCUT2D eigenvalue weighted by Crippen LogP contribution is -2.33. The van der Waals surface area contributed by atoms with Gasteiger partial charge in [0.1, 0.15) is 9.84 Å². The van der Waals surface area contributed by atoms with Gasteiger partial charge in [-0.2, -0.15) is 0 Å². The minimum atomic E-state index is -3.05. The van der Waals surface area contributed by atoms with Crippen molar-refractivity contribution in [1.82, 2.24) is 5.32 Å². The Hall–Kier alpha value is -1.07. The van der Waals surface area contributed by atoms with Crippen LogP contribution in [0.15, 0.2) is 24.3 Å². The third-order valence-electron chi connectivity index (χ3n) is 3.02. The van der Waals surface area contributed by atoms with E-state index in [-0.39, 0.29) is 23.6 Å². The van der Waals surface area contributed by atoms with E-state index in [9.17, 15) is 13.2 Å². The molecule has 6 heteroatoms. The van der Waals surface area contributed by atoms with Crippen LogP contribution in [-0.2, 0) is 20.0 Å². The Morgan fingerprint density at radius 2 is 1.80 bits per heavy atom. The molecule has 0 heterocycles. The van der Waals surface area contributed by atoms with E-state index in [2.05, 4.69) is 5.32 Å². The predicted molar refractivity (Wildman–Crippen MR) is 81.8 cm³/mol. The average molecular weight is 318 g/mol. The van der Waals surface area contributed by atoms with E-state index in [1.54, 1.807) is 12.1 Å². The summed E-state index contributed by atoms with van der Waals surface area (Å²) in [4.78, 5) is 11.9. The molecule has 1 amide bonds. The first kappa shape index (κ1) is 17.0. The molecule has 1 rings (SSSR count). The van der Waals surface area contributed by atoms with E-state index in [1.807, 2.05) is 26.0 Å². The number of benzene rings is 1. The molecule has 4 nitrogen and oxygen atoms in total. The Kier molecular flexibility index (Phi) is 5.59. The number of hydrogen-bond donors (Lipinski definition) is 1. The van der Waals surface area contributed by atoms with Crippen LogP contribution in [0.25, 0.3) is 0 Å². The Bertz CT molecular complexity index is 565. The molecule has 1 aromatic carbocycles. The molecule has 0 spiro atoms. The van der Waals surface area contributed by atoms with E-state index >= 15 is 0 Å². The highest BCUT2D eigenvalue weighted by atomic mass is 35.5. The summed E-state index contributed by atoms with van der Waals surface area (Å²) in [7, 11) is -3.05. The molecule has 0 saturated carbocycles. The maximum atomic E-state index is 11.9. The van der Waals surface area contributed by atoms with Gasteiger partial charge in [0.2, 0.25) is 5.91 Å². The zero-order chi connectivity index (χ0) is 15.4. The molecule has 1 aromatic rings. The van der Waals surface area contributed by atoms with Crippen LogP contribution in [0.4, 0.5) is 0 Å². The molecule has 0 atom stereocenters. The lowest BCUT2D eigenvalue weighted by Gasteiger charge is -2.24. The highest BCUT2D eigenvalue weighted by Crippen LogP contribution is 2.27. The van der Waals surface area contributed by atoms with Crippen molar-refractivity contribution in [3.63, 3.8) is 0 Å². The first-order valence-electron chi connectivity index (χ1n) is 6.31. The number of carbonyl (C=O) groups is 1. The fourth-order valence-corrected chi connectivity index (χ4v) is 2.44. The molecule has 0 saturated heterocycles. The van der Waals surface area contributed by atoms with E-state index in [0.717, 1.165) is 11.8 Å². The summed E-state index contributed by atoms with van der Waals surface area (Å²) in [5.74, 6) is -0.200. The van der Waals surface area contributed by atoms with Gasteiger partial charge in [0.25, 0.3) is 0 Å². The van der Waals surface area contributed by atoms with Gasteiger partial charge in [-0.05, 0) is 23.1 Å². The number of sulfone groups is 1. The van der Waals surface area contributed by atoms with Gasteiger partial charge in [-0.25, -0.2) is 8.42 Å². The second kappa shape index (κ2) is 6.59. The van der Waals surface area contributed by atoms with E-state index in [0.29, 0.717) is 11.4 Å². The smallest absolute Gasteiger partial charge is 0.220 e. The summed E-state index contributed by atoms with van der Waals surface area (Å²) in [6, 6.07) is 7.37. The van der Waals surface area contributed by atoms with Crippen LogP contribution in [0.2, 0.25) is 5.02 Å². The van der Waals surface area contributed by atoms with Crippen molar-refractivity contribution in [2.45, 2.75) is 25.7 Å². The van der Waals surface area contributed by atoms with Crippen LogP contribution in [0.3, 0.4) is 0 Å². The van der Waals surface area contributed by atoms with Crippen LogP contribution >= 0.6 is 11.6 Å². The number of carbonyl (C=O) groups excluding carboxylic acids is 1. The van der Waals surface area contributed by atoms with Crippen LogP contribution in [-0.4, -0.2) is 32.9 Å². The van der Waals surface area contributed by atoms with Crippen molar-refractivity contribution in [2.24, 2.45) is 0 Å². The molecule has 112 valence electrons. The molecule has 0 radical (unpaired) electrons. The van der Waals surface area contributed by atoms with Crippen LogP contribution in [0.5, 0.6) is 0 Å². The van der Waals surface area contributed by atoms with Gasteiger partial charge in [0, 0.05) is 24.2 Å². The first-order valence-corrected chi connectivity index (χ1v) is 8.74. The topological polar surface area (TPSA) is 63.2 Å². The summed E-state index contributed by atoms with van der Waals surface area (Å²) < 4.78 is 22.0. The van der Waals surface area contributed by atoms with Crippen molar-refractivity contribution in [3.05, 3.63) is 34.9 Å². The largest absolute Gasteiger partial charge is 0.355 e. The fraction of sp³-hybridized carbons (Fsp3) is 0.500. The van der Waals surface area contributed by atoms with Crippen LogP contribution in [0.1, 0.15) is 25.8 Å². The predicted octanol–water partition coefficient (Wildman–Crippen LogP) is 2.17. The van der Waals surface area contributed by atoms with Crippen molar-refractivity contribution in [3.8, 4) is 0 Å². The van der Waals surface area contributed by atoms with E-state index in [1.165, 1.54) is 0 Å². The molecule has 0 bridgehead atoms. The van der Waals surface area contributed by atoms with Gasteiger partial charge in [0.05, 0.1) is 5.75 Å². The highest BCUT2D eigenvalue weighted by Gasteiger charge is 2.24. The van der Waals surface area contributed by atoms with Crippen molar-refractivity contribution >= 4 is 27.3 Å². The van der Waals surface area contributed by atoms with E-state index < -0.39 is 9.84 Å². The van der Waals surface area contributed by atoms with Crippen molar-refractivity contribution < 1.29 is 13.2 Å². The number of nitrogens with one attached hydrogen (secondary N) is 1. The molecule has 0 aliphatic rings. The standard InChI is InChI=1S/C14H20ClNO3S/c1-14(2,11-4-6-12(15)7-5-11)10-13(17)16-8-9-20(3,18)19/h4-7H,8-10H2,1-3H3,(H,16,17). The first-order chi connectivity index (χ1) is 9.10. The van der Waals surface area contributed by atoms with E-state index in [4.69, 9.17) is 11.6 Å². The lowest BCUT2D eigenvalue weighted by molar-refractivity contribution is -0.122. The maximum absolute atomic E-state index is 11.9. The molecule has 20 heavy (non-hydrogen) atoms. The summed E-state index contributed by atoms with van der Waals surface area (Å²) in [6.45, 7) is 4.08. The van der Waals surface area contributed by atoms with Gasteiger partial charge >= 0.3 is 0 Å². The van der Waals surface area contributed by atoms with Crippen LogP contribution in [0, 0.1) is 0 Å². The second-order valence-electron chi connectivity index (χ2n) is 5.55. The van der Waals surface area contributed by atoms with Gasteiger partial charge in [-0.3, -0.25) is 4.79 Å². The van der Waals surface area contributed by atoms with Crippen molar-refractivity contribution in [1.29, 1.82) is 0 Å². The van der Waals surface area contributed by atoms with Crippen molar-refractivity contribution in [2.75, 3.05) is 18.6 Å². The number of rotatable bonds is 6. The lowest BCUT2D eigenvalue weighted by atomic mass is 9.81. The molecule has 0 unspecified atom stereocenters. The Labute approximate surface area is 125 Å². The molecule has 0 aliphatic heterocycles. The average Bonchev–Trinajstić information content (AvgIpc) is 2.26. The molecule has 0 fully saturated rings. The zero-order valence-electron chi connectivity index (χ0n) is 11.9. The van der Waals surface area contributed by atoms with Gasteiger partial charge < -0.3 is 5.32 Å². The third kappa shape index (κ3) is 5.92. The molecular formula is C14H20ClNO3S. The van der Waals surface area contributed by atoms with Gasteiger partial charge in [-0.15, -0.1) is 0 Å². The summed E-state index contributed by atoms with van der Waals surface area (Å²) in [6.07, 6.45) is 1.44. The molecule has 1 N–H and O–H groups in total. The minimum absolute atomic E-state index is 0.0416. The minimum Gasteiger partial charge on any atom is -0.355 e. The number of amides is 1. The maximum Gasteiger partial charge on any atom is 0.220 e. The monoisotopic (exact) mass is 317 g/mol. The van der Waals surface area contributed by atoms with Gasteiger partial charge in [0.15, 0.2) is 0 Å². The third-order valence-corrected chi connectivity index (χ3v) is 4.22. The Morgan fingerprint density at radius 3 is 2.30 bits per heavy atom. The van der Waals surface area contributed by atoms with Gasteiger partial charge in [-0.1, -0.05) is 37.6 Å². The highest BCUT2D eigenvalue weighted by molar-refractivity contribution is 7.90. The number of halogens is 1. The second-order valence-corrected chi connectivity index (χ2v) is 8.24. The number of hydrogen-bond acceptors (Lipinski definition) is 3. The van der Waals surface area contributed by atoms with Crippen LogP contribution < -0.4 is 5.32 Å². The fourth-order valence-electron chi connectivity index (χ4n) is 1.84. The quantitative estimate of drug-likeness (QED) is 0.874. The SMILES string of the molecule is CC(C)(CC(=O)NCCS(C)(=O)=O)c1ccc(Cl)cc1. The molecule has 0 aromatic heterocycles. The summed E-state index contributed by atoms with van der Waals surface area (Å²) >= 11 is 5.84. The molecule has 0 aliphatic carbocycles. The zero-order valence-corrected chi connectivity index (χ0v) is 13.5. The molecular weight excluding hydrogens is 298 g/mol.